The van der Waals surface area contributed by atoms with Gasteiger partial charge in [-0.3, -0.25) is 4.79 Å². The topological polar surface area (TPSA) is 66.5 Å². The summed E-state index contributed by atoms with van der Waals surface area (Å²) in [6, 6.07) is 13.5. The number of piperidine rings is 1. The fraction of sp³-hybridized carbons (Fsp3) is 0.409. The van der Waals surface area contributed by atoms with Gasteiger partial charge in [0.25, 0.3) is 0 Å². The molecule has 0 spiro atoms. The summed E-state index contributed by atoms with van der Waals surface area (Å²) >= 11 is 5.87. The largest absolute Gasteiger partial charge is 0.356 e. The third-order valence-corrected chi connectivity index (χ3v) is 7.45. The molecule has 0 saturated carbocycles. The summed E-state index contributed by atoms with van der Waals surface area (Å²) in [7, 11) is -3.61. The Morgan fingerprint density at radius 1 is 1.10 bits per heavy atom. The Bertz CT molecular complexity index is 959. The molecular formula is C22H26ClFN2O3S. The number of rotatable bonds is 8. The van der Waals surface area contributed by atoms with Gasteiger partial charge in [-0.25, -0.2) is 17.1 Å². The molecule has 1 aliphatic rings. The summed E-state index contributed by atoms with van der Waals surface area (Å²) in [6.45, 7) is 1.13. The predicted octanol–water partition coefficient (Wildman–Crippen LogP) is 3.77. The average molecular weight is 453 g/mol. The van der Waals surface area contributed by atoms with E-state index in [2.05, 4.69) is 5.32 Å². The minimum Gasteiger partial charge on any atom is -0.356 e. The molecule has 30 heavy (non-hydrogen) atoms. The lowest BCUT2D eigenvalue weighted by Crippen LogP contribution is -2.43. The van der Waals surface area contributed by atoms with Gasteiger partial charge in [0.15, 0.2) is 0 Å². The first kappa shape index (κ1) is 22.7. The second-order valence-electron chi connectivity index (χ2n) is 7.54. The van der Waals surface area contributed by atoms with Crippen LogP contribution in [0.2, 0.25) is 5.02 Å². The molecule has 162 valence electrons. The van der Waals surface area contributed by atoms with Gasteiger partial charge in [-0.2, -0.15) is 0 Å². The molecule has 2 aromatic rings. The molecule has 0 atom stereocenters. The van der Waals surface area contributed by atoms with Crippen molar-refractivity contribution in [3.8, 4) is 0 Å². The number of amides is 1. The van der Waals surface area contributed by atoms with Crippen LogP contribution in [-0.2, 0) is 27.0 Å². The fourth-order valence-electron chi connectivity index (χ4n) is 3.60. The van der Waals surface area contributed by atoms with Crippen LogP contribution in [0.3, 0.4) is 0 Å². The van der Waals surface area contributed by atoms with Gasteiger partial charge in [0.2, 0.25) is 15.9 Å². The van der Waals surface area contributed by atoms with Crippen LogP contribution in [0.5, 0.6) is 0 Å². The Kier molecular flexibility index (Phi) is 7.86. The van der Waals surface area contributed by atoms with Gasteiger partial charge in [-0.05, 0) is 49.4 Å². The lowest BCUT2D eigenvalue weighted by molar-refractivity contribution is -0.126. The van der Waals surface area contributed by atoms with Crippen molar-refractivity contribution in [2.24, 2.45) is 5.92 Å². The van der Waals surface area contributed by atoms with Gasteiger partial charge >= 0.3 is 0 Å². The van der Waals surface area contributed by atoms with Crippen LogP contribution in [0.1, 0.15) is 30.4 Å². The maximum absolute atomic E-state index is 13.8. The molecule has 1 aliphatic heterocycles. The Labute approximate surface area is 182 Å². The van der Waals surface area contributed by atoms with Crippen molar-refractivity contribution in [3.05, 3.63) is 70.5 Å². The van der Waals surface area contributed by atoms with Crippen LogP contribution < -0.4 is 5.32 Å². The molecule has 0 aliphatic carbocycles. The number of hydrogen-bond donors (Lipinski definition) is 1. The van der Waals surface area contributed by atoms with E-state index in [1.54, 1.807) is 6.07 Å². The molecule has 0 aromatic heterocycles. The van der Waals surface area contributed by atoms with Gasteiger partial charge in [-0.1, -0.05) is 41.9 Å². The summed E-state index contributed by atoms with van der Waals surface area (Å²) in [5.41, 5.74) is 1.33. The van der Waals surface area contributed by atoms with E-state index in [0.717, 1.165) is 12.8 Å². The number of halogens is 2. The molecule has 1 saturated heterocycles. The first-order valence-corrected chi connectivity index (χ1v) is 12.1. The van der Waals surface area contributed by atoms with Crippen molar-refractivity contribution in [2.45, 2.75) is 31.4 Å². The van der Waals surface area contributed by atoms with Crippen LogP contribution in [0.4, 0.5) is 4.39 Å². The minimum atomic E-state index is -3.61. The van der Waals surface area contributed by atoms with E-state index in [1.807, 2.05) is 24.3 Å². The monoisotopic (exact) mass is 452 g/mol. The second kappa shape index (κ2) is 10.4. The number of carbonyl (C=O) groups excluding carboxylic acids is 1. The number of nitrogens with one attached hydrogen (secondary N) is 1. The van der Waals surface area contributed by atoms with E-state index in [1.165, 1.54) is 28.1 Å². The Hall–Kier alpha value is -1.96. The number of aryl methyl sites for hydroxylation is 1. The Balaban J connectivity index is 1.41. The molecule has 1 heterocycles. The zero-order valence-corrected chi connectivity index (χ0v) is 18.3. The highest BCUT2D eigenvalue weighted by atomic mass is 35.5. The quantitative estimate of drug-likeness (QED) is 0.620. The SMILES string of the molecule is O=C(NCCCc1ccc(Cl)cc1)C1CCN(S(=O)(=O)Cc2ccccc2F)CC1. The van der Waals surface area contributed by atoms with Crippen molar-refractivity contribution in [3.63, 3.8) is 0 Å². The molecule has 0 unspecified atom stereocenters. The summed E-state index contributed by atoms with van der Waals surface area (Å²) in [5.74, 6) is -1.10. The summed E-state index contributed by atoms with van der Waals surface area (Å²) in [5, 5.41) is 3.66. The third kappa shape index (κ3) is 6.27. The molecule has 1 amide bonds. The molecule has 3 rings (SSSR count). The molecule has 0 bridgehead atoms. The summed E-state index contributed by atoms with van der Waals surface area (Å²) in [6.07, 6.45) is 2.62. The highest BCUT2D eigenvalue weighted by Crippen LogP contribution is 2.22. The maximum atomic E-state index is 13.8. The first-order chi connectivity index (χ1) is 14.3. The highest BCUT2D eigenvalue weighted by Gasteiger charge is 2.31. The molecule has 2 aromatic carbocycles. The minimum absolute atomic E-state index is 0.0303. The van der Waals surface area contributed by atoms with Crippen molar-refractivity contribution >= 4 is 27.5 Å². The Morgan fingerprint density at radius 2 is 1.77 bits per heavy atom. The van der Waals surface area contributed by atoms with Crippen molar-refractivity contribution in [2.75, 3.05) is 19.6 Å². The first-order valence-electron chi connectivity index (χ1n) is 10.1. The van der Waals surface area contributed by atoms with Crippen LogP contribution >= 0.6 is 11.6 Å². The normalized spacial score (nSPS) is 15.8. The zero-order chi connectivity index (χ0) is 21.6. The standard InChI is InChI=1S/C22H26ClFN2O3S/c23-20-9-7-17(8-10-20)4-3-13-25-22(27)18-11-14-26(15-12-18)30(28,29)16-19-5-1-2-6-21(19)24/h1-2,5-10,18H,3-4,11-16H2,(H,25,27). The Morgan fingerprint density at radius 3 is 2.43 bits per heavy atom. The predicted molar refractivity (Wildman–Crippen MR) is 116 cm³/mol. The molecule has 0 radical (unpaired) electrons. The third-order valence-electron chi connectivity index (χ3n) is 5.37. The van der Waals surface area contributed by atoms with Gasteiger partial charge in [-0.15, -0.1) is 0 Å². The molecule has 1 N–H and O–H groups in total. The highest BCUT2D eigenvalue weighted by molar-refractivity contribution is 7.88. The number of hydrogen-bond acceptors (Lipinski definition) is 3. The summed E-state index contributed by atoms with van der Waals surface area (Å²) < 4.78 is 40.4. The van der Waals surface area contributed by atoms with E-state index in [4.69, 9.17) is 11.6 Å². The zero-order valence-electron chi connectivity index (χ0n) is 16.7. The number of nitrogens with zero attached hydrogens (tertiary/aromatic N) is 1. The molecule has 8 heteroatoms. The smallest absolute Gasteiger partial charge is 0.223 e. The van der Waals surface area contributed by atoms with Crippen LogP contribution in [0.25, 0.3) is 0 Å². The maximum Gasteiger partial charge on any atom is 0.223 e. The van der Waals surface area contributed by atoms with Gasteiger partial charge in [0, 0.05) is 36.1 Å². The van der Waals surface area contributed by atoms with Crippen LogP contribution in [0.15, 0.2) is 48.5 Å². The number of carbonyl (C=O) groups is 1. The summed E-state index contributed by atoms with van der Waals surface area (Å²) in [4.78, 5) is 12.4. The van der Waals surface area contributed by atoms with Crippen molar-refractivity contribution < 1.29 is 17.6 Å². The average Bonchev–Trinajstić information content (AvgIpc) is 2.74. The van der Waals surface area contributed by atoms with Gasteiger partial charge in [0.05, 0.1) is 5.75 Å². The van der Waals surface area contributed by atoms with E-state index in [-0.39, 0.29) is 36.2 Å². The van der Waals surface area contributed by atoms with E-state index in [0.29, 0.717) is 24.4 Å². The molecular weight excluding hydrogens is 427 g/mol. The van der Waals surface area contributed by atoms with Crippen molar-refractivity contribution in [1.29, 1.82) is 0 Å². The lowest BCUT2D eigenvalue weighted by atomic mass is 9.97. The fourth-order valence-corrected chi connectivity index (χ4v) is 5.30. The second-order valence-corrected chi connectivity index (χ2v) is 9.95. The number of sulfonamides is 1. The van der Waals surface area contributed by atoms with E-state index < -0.39 is 15.8 Å². The van der Waals surface area contributed by atoms with Gasteiger partial charge in [0.1, 0.15) is 5.82 Å². The van der Waals surface area contributed by atoms with E-state index >= 15 is 0 Å². The lowest BCUT2D eigenvalue weighted by Gasteiger charge is -2.30. The van der Waals surface area contributed by atoms with Gasteiger partial charge < -0.3 is 5.32 Å². The number of benzene rings is 2. The van der Waals surface area contributed by atoms with Crippen LogP contribution in [0, 0.1) is 11.7 Å². The van der Waals surface area contributed by atoms with Crippen LogP contribution in [-0.4, -0.2) is 38.3 Å². The van der Waals surface area contributed by atoms with E-state index in [9.17, 15) is 17.6 Å². The molecule has 1 fully saturated rings. The van der Waals surface area contributed by atoms with Crippen molar-refractivity contribution in [1.82, 2.24) is 9.62 Å². The molecule has 5 nitrogen and oxygen atoms in total.